The smallest absolute Gasteiger partial charge is 0.343 e. The number of aliphatic hydroxyl groups is 1. The number of carbonyl (C=O) groups excluding carboxylic acids is 2. The number of esters is 2. The number of ether oxygens (including phenoxy) is 5. The molecular weight excluding hydrogens is 404 g/mol. The summed E-state index contributed by atoms with van der Waals surface area (Å²) in [6.07, 6.45) is 3.39. The van der Waals surface area contributed by atoms with Crippen LogP contribution in [0.3, 0.4) is 0 Å². The van der Waals surface area contributed by atoms with Crippen molar-refractivity contribution in [2.75, 3.05) is 13.7 Å². The highest BCUT2D eigenvalue weighted by molar-refractivity contribution is 5.95. The minimum Gasteiger partial charge on any atom is -0.461 e. The van der Waals surface area contributed by atoms with Crippen molar-refractivity contribution in [2.45, 2.75) is 77.7 Å². The highest BCUT2D eigenvalue weighted by atomic mass is 16.7. The number of methoxy groups -OCH3 is 1. The molecule has 8 heteroatoms. The standard InChI is InChI=1S/C23H32O8/c1-7-13(2)20(25)29-17-10-14(3)23(27-6)9-8-22(5,31-23)11-18-19(17)16(21(26)30-18)12-28-15(4)24/h7,11,14,17,20,25H,8-10,12H2,1-6H3/b13-7+,18-11+/t14-,17+,20?,22-,23+/m1/s1. The molecule has 0 aromatic carbocycles. The lowest BCUT2D eigenvalue weighted by molar-refractivity contribution is -0.256. The van der Waals surface area contributed by atoms with Crippen molar-refractivity contribution in [1.82, 2.24) is 0 Å². The van der Waals surface area contributed by atoms with Crippen LogP contribution in [0, 0.1) is 5.92 Å². The van der Waals surface area contributed by atoms with Crippen molar-refractivity contribution in [1.29, 1.82) is 0 Å². The van der Waals surface area contributed by atoms with Gasteiger partial charge in [-0.25, -0.2) is 4.79 Å². The van der Waals surface area contributed by atoms with Gasteiger partial charge in [0.25, 0.3) is 0 Å². The summed E-state index contributed by atoms with van der Waals surface area (Å²) in [5.74, 6) is -1.75. The minimum atomic E-state index is -1.17. The van der Waals surface area contributed by atoms with Gasteiger partial charge in [0.2, 0.25) is 0 Å². The summed E-state index contributed by atoms with van der Waals surface area (Å²) < 4.78 is 29.0. The van der Waals surface area contributed by atoms with Crippen molar-refractivity contribution >= 4 is 11.9 Å². The Morgan fingerprint density at radius 2 is 2.10 bits per heavy atom. The Balaban J connectivity index is 2.12. The first-order valence-corrected chi connectivity index (χ1v) is 10.6. The van der Waals surface area contributed by atoms with Crippen LogP contribution in [0.15, 0.2) is 34.6 Å². The van der Waals surface area contributed by atoms with Gasteiger partial charge in [0.05, 0.1) is 17.3 Å². The molecule has 1 unspecified atom stereocenters. The van der Waals surface area contributed by atoms with Crippen LogP contribution in [0.25, 0.3) is 0 Å². The maximum atomic E-state index is 12.7. The summed E-state index contributed by atoms with van der Waals surface area (Å²) in [7, 11) is 1.62. The number of carbonyl (C=O) groups is 2. The Labute approximate surface area is 182 Å². The average molecular weight is 437 g/mol. The van der Waals surface area contributed by atoms with E-state index in [-0.39, 0.29) is 18.1 Å². The van der Waals surface area contributed by atoms with Crippen LogP contribution in [-0.4, -0.2) is 54.5 Å². The summed E-state index contributed by atoms with van der Waals surface area (Å²) in [4.78, 5) is 24.1. The third-order valence-corrected chi connectivity index (χ3v) is 6.40. The number of rotatable bonds is 6. The molecule has 1 N–H and O–H groups in total. The molecule has 5 atom stereocenters. The van der Waals surface area contributed by atoms with Gasteiger partial charge in [-0.05, 0) is 45.3 Å². The van der Waals surface area contributed by atoms with Gasteiger partial charge in [-0.15, -0.1) is 0 Å². The van der Waals surface area contributed by atoms with Gasteiger partial charge in [0.1, 0.15) is 12.4 Å². The van der Waals surface area contributed by atoms with E-state index in [0.717, 1.165) is 0 Å². The zero-order valence-corrected chi connectivity index (χ0v) is 19.0. The molecule has 0 saturated carbocycles. The molecule has 0 spiro atoms. The van der Waals surface area contributed by atoms with E-state index in [9.17, 15) is 14.7 Å². The van der Waals surface area contributed by atoms with Gasteiger partial charge in [-0.1, -0.05) is 13.0 Å². The number of fused-ring (bicyclic) bond motifs is 3. The zero-order chi connectivity index (χ0) is 23.0. The van der Waals surface area contributed by atoms with Crippen LogP contribution in [0.5, 0.6) is 0 Å². The fraction of sp³-hybridized carbons (Fsp3) is 0.652. The van der Waals surface area contributed by atoms with Gasteiger partial charge in [-0.3, -0.25) is 4.79 Å². The Hall–Kier alpha value is -2.00. The Morgan fingerprint density at radius 3 is 2.71 bits per heavy atom. The molecule has 2 bridgehead atoms. The Bertz CT molecular complexity index is 841. The van der Waals surface area contributed by atoms with Crippen LogP contribution in [0.1, 0.15) is 53.9 Å². The maximum Gasteiger partial charge on any atom is 0.343 e. The number of aliphatic hydroxyl groups excluding tert-OH is 1. The SMILES string of the molecule is C/C=C(\C)C(O)O[C@H]1C[C@@H](C)[C@]2(OC)CC[C@](C)(/C=C3/OC(=O)C(COC(C)=O)=C31)O2. The summed E-state index contributed by atoms with van der Waals surface area (Å²) in [6.45, 7) is 8.52. The number of allylic oxidation sites excluding steroid dienone is 1. The van der Waals surface area contributed by atoms with E-state index in [2.05, 4.69) is 0 Å². The van der Waals surface area contributed by atoms with E-state index in [4.69, 9.17) is 23.7 Å². The molecule has 31 heavy (non-hydrogen) atoms. The maximum absolute atomic E-state index is 12.7. The molecule has 0 radical (unpaired) electrons. The molecular formula is C23H32O8. The van der Waals surface area contributed by atoms with Gasteiger partial charge in [0.15, 0.2) is 12.1 Å². The lowest BCUT2D eigenvalue weighted by Gasteiger charge is -2.36. The van der Waals surface area contributed by atoms with Crippen LogP contribution >= 0.6 is 0 Å². The van der Waals surface area contributed by atoms with Crippen molar-refractivity contribution < 1.29 is 38.4 Å². The predicted molar refractivity (Wildman–Crippen MR) is 110 cm³/mol. The molecule has 172 valence electrons. The molecule has 1 fully saturated rings. The van der Waals surface area contributed by atoms with Crippen molar-refractivity contribution in [3.05, 3.63) is 34.6 Å². The van der Waals surface area contributed by atoms with Crippen LogP contribution in [0.4, 0.5) is 0 Å². The van der Waals surface area contributed by atoms with E-state index in [0.29, 0.717) is 36.2 Å². The quantitative estimate of drug-likeness (QED) is 0.385. The van der Waals surface area contributed by atoms with Crippen molar-refractivity contribution in [3.8, 4) is 0 Å². The number of hydrogen-bond acceptors (Lipinski definition) is 8. The third-order valence-electron chi connectivity index (χ3n) is 6.40. The molecule has 0 aromatic rings. The highest BCUT2D eigenvalue weighted by Gasteiger charge is 2.53. The second-order valence-electron chi connectivity index (χ2n) is 8.65. The normalized spacial score (nSPS) is 36.0. The lowest BCUT2D eigenvalue weighted by atomic mass is 9.85. The molecule has 3 heterocycles. The van der Waals surface area contributed by atoms with Crippen LogP contribution in [0.2, 0.25) is 0 Å². The van der Waals surface area contributed by atoms with E-state index in [1.807, 2.05) is 13.8 Å². The molecule has 3 aliphatic heterocycles. The average Bonchev–Trinajstić information content (AvgIpc) is 3.22. The highest BCUT2D eigenvalue weighted by Crippen LogP contribution is 2.49. The molecule has 0 aliphatic carbocycles. The topological polar surface area (TPSA) is 101 Å². The summed E-state index contributed by atoms with van der Waals surface area (Å²) in [5.41, 5.74) is 0.604. The summed E-state index contributed by atoms with van der Waals surface area (Å²) in [6, 6.07) is 0. The molecule has 3 rings (SSSR count). The Morgan fingerprint density at radius 1 is 1.39 bits per heavy atom. The second kappa shape index (κ2) is 8.86. The first-order chi connectivity index (χ1) is 14.5. The van der Waals surface area contributed by atoms with Crippen LogP contribution in [-0.2, 0) is 33.3 Å². The van der Waals surface area contributed by atoms with E-state index in [1.165, 1.54) is 6.92 Å². The van der Waals surface area contributed by atoms with Crippen LogP contribution < -0.4 is 0 Å². The fourth-order valence-corrected chi connectivity index (χ4v) is 4.38. The Kier molecular flexibility index (Phi) is 6.76. The largest absolute Gasteiger partial charge is 0.461 e. The third kappa shape index (κ3) is 4.62. The van der Waals surface area contributed by atoms with Gasteiger partial charge < -0.3 is 28.8 Å². The summed E-state index contributed by atoms with van der Waals surface area (Å²) >= 11 is 0. The van der Waals surface area contributed by atoms with Gasteiger partial charge in [-0.2, -0.15) is 0 Å². The monoisotopic (exact) mass is 436 g/mol. The minimum absolute atomic E-state index is 0.131. The van der Waals surface area contributed by atoms with E-state index < -0.39 is 35.7 Å². The zero-order valence-electron chi connectivity index (χ0n) is 19.0. The summed E-state index contributed by atoms with van der Waals surface area (Å²) in [5, 5.41) is 10.6. The molecule has 0 amide bonds. The van der Waals surface area contributed by atoms with Crippen molar-refractivity contribution in [3.63, 3.8) is 0 Å². The van der Waals surface area contributed by atoms with Gasteiger partial charge >= 0.3 is 11.9 Å². The second-order valence-corrected chi connectivity index (χ2v) is 8.65. The van der Waals surface area contributed by atoms with Crippen molar-refractivity contribution in [2.24, 2.45) is 5.92 Å². The first-order valence-electron chi connectivity index (χ1n) is 10.6. The van der Waals surface area contributed by atoms with E-state index in [1.54, 1.807) is 33.1 Å². The molecule has 0 aromatic heterocycles. The molecule has 8 nitrogen and oxygen atoms in total. The number of hydrogen-bond donors (Lipinski definition) is 1. The molecule has 3 aliphatic rings. The predicted octanol–water partition coefficient (Wildman–Crippen LogP) is 2.91. The molecule has 1 saturated heterocycles. The fourth-order valence-electron chi connectivity index (χ4n) is 4.38. The van der Waals surface area contributed by atoms with E-state index >= 15 is 0 Å². The first kappa shape index (κ1) is 23.7. The lowest BCUT2D eigenvalue weighted by Crippen LogP contribution is -2.42. The van der Waals surface area contributed by atoms with Gasteiger partial charge in [0, 0.05) is 31.9 Å².